The van der Waals surface area contributed by atoms with Crippen molar-refractivity contribution in [1.82, 2.24) is 5.32 Å². The fourth-order valence-electron chi connectivity index (χ4n) is 1.12. The van der Waals surface area contributed by atoms with Crippen molar-refractivity contribution in [2.45, 2.75) is 26.3 Å². The molecule has 1 amide bonds. The van der Waals surface area contributed by atoms with Gasteiger partial charge in [-0.3, -0.25) is 4.79 Å². The summed E-state index contributed by atoms with van der Waals surface area (Å²) in [6.07, 6.45) is 0. The molecular weight excluding hydrogens is 195 g/mol. The molecule has 0 aliphatic rings. The normalized spacial score (nSPS) is 11.2. The van der Waals surface area contributed by atoms with E-state index in [-0.39, 0.29) is 11.1 Å². The van der Waals surface area contributed by atoms with Crippen LogP contribution in [0.15, 0.2) is 18.2 Å². The van der Waals surface area contributed by atoms with Gasteiger partial charge < -0.3 is 11.1 Å². The third-order valence-corrected chi connectivity index (χ3v) is 1.73. The molecule has 0 aromatic heterocycles. The molecule has 0 heterocycles. The molecule has 1 rings (SSSR count). The summed E-state index contributed by atoms with van der Waals surface area (Å²) in [5.41, 5.74) is 5.32. The second-order valence-corrected chi connectivity index (χ2v) is 4.44. The molecule has 1 aromatic carbocycles. The van der Waals surface area contributed by atoms with Crippen molar-refractivity contribution in [2.24, 2.45) is 0 Å². The van der Waals surface area contributed by atoms with Gasteiger partial charge in [-0.15, -0.1) is 0 Å². The maximum Gasteiger partial charge on any atom is 0.254 e. The van der Waals surface area contributed by atoms with Gasteiger partial charge >= 0.3 is 0 Å². The van der Waals surface area contributed by atoms with Crippen LogP contribution in [-0.4, -0.2) is 11.4 Å². The molecule has 0 unspecified atom stereocenters. The Kier molecular flexibility index (Phi) is 2.98. The maximum atomic E-state index is 13.3. The van der Waals surface area contributed by atoms with Crippen molar-refractivity contribution in [2.75, 3.05) is 5.73 Å². The Morgan fingerprint density at radius 1 is 1.40 bits per heavy atom. The minimum Gasteiger partial charge on any atom is -0.399 e. The van der Waals surface area contributed by atoms with E-state index in [0.29, 0.717) is 5.69 Å². The van der Waals surface area contributed by atoms with Gasteiger partial charge in [0.1, 0.15) is 5.82 Å². The number of rotatable bonds is 1. The highest BCUT2D eigenvalue weighted by Gasteiger charge is 2.17. The van der Waals surface area contributed by atoms with E-state index in [1.54, 1.807) is 0 Å². The van der Waals surface area contributed by atoms with Gasteiger partial charge in [0.2, 0.25) is 0 Å². The van der Waals surface area contributed by atoms with Gasteiger partial charge in [-0.25, -0.2) is 4.39 Å². The van der Waals surface area contributed by atoms with Crippen LogP contribution in [0.1, 0.15) is 31.1 Å². The van der Waals surface area contributed by atoms with Crippen LogP contribution >= 0.6 is 0 Å². The van der Waals surface area contributed by atoms with E-state index in [4.69, 9.17) is 5.73 Å². The van der Waals surface area contributed by atoms with Gasteiger partial charge in [0, 0.05) is 11.2 Å². The Balaban J connectivity index is 2.92. The van der Waals surface area contributed by atoms with Crippen molar-refractivity contribution in [3.8, 4) is 0 Å². The number of benzene rings is 1. The number of halogens is 1. The zero-order chi connectivity index (χ0) is 11.6. The lowest BCUT2D eigenvalue weighted by atomic mass is 10.1. The largest absolute Gasteiger partial charge is 0.399 e. The number of carbonyl (C=O) groups is 1. The zero-order valence-electron chi connectivity index (χ0n) is 9.10. The lowest BCUT2D eigenvalue weighted by molar-refractivity contribution is 0.0915. The lowest BCUT2D eigenvalue weighted by Gasteiger charge is -2.20. The van der Waals surface area contributed by atoms with E-state index in [1.165, 1.54) is 12.1 Å². The average Bonchev–Trinajstić information content (AvgIpc) is 1.99. The molecule has 1 aromatic rings. The SMILES string of the molecule is CC(C)(C)NC(=O)c1ccc(N)cc1F. The quantitative estimate of drug-likeness (QED) is 0.696. The first-order chi connectivity index (χ1) is 6.79. The molecule has 4 heteroatoms. The monoisotopic (exact) mass is 210 g/mol. The van der Waals surface area contributed by atoms with Crippen molar-refractivity contribution in [3.63, 3.8) is 0 Å². The predicted octanol–water partition coefficient (Wildman–Crippen LogP) is 1.94. The molecule has 0 radical (unpaired) electrons. The highest BCUT2D eigenvalue weighted by Crippen LogP contribution is 2.12. The first-order valence-corrected chi connectivity index (χ1v) is 4.67. The summed E-state index contributed by atoms with van der Waals surface area (Å²) in [4.78, 5) is 11.6. The molecule has 82 valence electrons. The van der Waals surface area contributed by atoms with Crippen LogP contribution in [0.2, 0.25) is 0 Å². The predicted molar refractivity (Wildman–Crippen MR) is 58.0 cm³/mol. The highest BCUT2D eigenvalue weighted by atomic mass is 19.1. The van der Waals surface area contributed by atoms with Crippen LogP contribution in [0.25, 0.3) is 0 Å². The number of carbonyl (C=O) groups excluding carboxylic acids is 1. The van der Waals surface area contributed by atoms with E-state index < -0.39 is 11.7 Å². The number of nitrogens with one attached hydrogen (secondary N) is 1. The second kappa shape index (κ2) is 3.88. The van der Waals surface area contributed by atoms with Gasteiger partial charge in [0.25, 0.3) is 5.91 Å². The lowest BCUT2D eigenvalue weighted by Crippen LogP contribution is -2.40. The summed E-state index contributed by atoms with van der Waals surface area (Å²) in [5.74, 6) is -1.03. The standard InChI is InChI=1S/C11H15FN2O/c1-11(2,3)14-10(15)8-5-4-7(13)6-9(8)12/h4-6H,13H2,1-3H3,(H,14,15). The molecular formula is C11H15FN2O. The van der Waals surface area contributed by atoms with Crippen LogP contribution in [0.4, 0.5) is 10.1 Å². The molecule has 3 N–H and O–H groups in total. The maximum absolute atomic E-state index is 13.3. The third-order valence-electron chi connectivity index (χ3n) is 1.73. The average molecular weight is 210 g/mol. The van der Waals surface area contributed by atoms with E-state index >= 15 is 0 Å². The van der Waals surface area contributed by atoms with Crippen molar-refractivity contribution in [3.05, 3.63) is 29.6 Å². The molecule has 3 nitrogen and oxygen atoms in total. The highest BCUT2D eigenvalue weighted by molar-refractivity contribution is 5.95. The van der Waals surface area contributed by atoms with E-state index in [2.05, 4.69) is 5.32 Å². The minimum atomic E-state index is -0.600. The Morgan fingerprint density at radius 3 is 2.47 bits per heavy atom. The van der Waals surface area contributed by atoms with Gasteiger partial charge in [-0.1, -0.05) is 0 Å². The molecule has 0 aliphatic carbocycles. The molecule has 15 heavy (non-hydrogen) atoms. The Morgan fingerprint density at radius 2 is 2.00 bits per heavy atom. The smallest absolute Gasteiger partial charge is 0.254 e. The minimum absolute atomic E-state index is 0.0131. The summed E-state index contributed by atoms with van der Waals surface area (Å²) in [7, 11) is 0. The fraction of sp³-hybridized carbons (Fsp3) is 0.364. The first kappa shape index (κ1) is 11.5. The summed E-state index contributed by atoms with van der Waals surface area (Å²) >= 11 is 0. The van der Waals surface area contributed by atoms with Crippen molar-refractivity contribution >= 4 is 11.6 Å². The number of amides is 1. The van der Waals surface area contributed by atoms with Crippen LogP contribution in [-0.2, 0) is 0 Å². The number of nitrogen functional groups attached to an aromatic ring is 1. The first-order valence-electron chi connectivity index (χ1n) is 4.67. The van der Waals surface area contributed by atoms with E-state index in [1.807, 2.05) is 20.8 Å². The van der Waals surface area contributed by atoms with Crippen molar-refractivity contribution in [1.29, 1.82) is 0 Å². The number of nitrogens with two attached hydrogens (primary N) is 1. The van der Waals surface area contributed by atoms with Gasteiger partial charge in [-0.05, 0) is 39.0 Å². The van der Waals surface area contributed by atoms with Crippen molar-refractivity contribution < 1.29 is 9.18 Å². The Bertz CT molecular complexity index is 383. The topological polar surface area (TPSA) is 55.1 Å². The summed E-state index contributed by atoms with van der Waals surface area (Å²) < 4.78 is 13.3. The fourth-order valence-corrected chi connectivity index (χ4v) is 1.12. The third kappa shape index (κ3) is 3.23. The van der Waals surface area contributed by atoms with Gasteiger partial charge in [0.05, 0.1) is 5.56 Å². The van der Waals surface area contributed by atoms with E-state index in [0.717, 1.165) is 6.07 Å². The van der Waals surface area contributed by atoms with Crippen LogP contribution in [0.5, 0.6) is 0 Å². The van der Waals surface area contributed by atoms with Gasteiger partial charge in [-0.2, -0.15) is 0 Å². The Hall–Kier alpha value is -1.58. The second-order valence-electron chi connectivity index (χ2n) is 4.44. The van der Waals surface area contributed by atoms with Crippen LogP contribution in [0, 0.1) is 5.82 Å². The van der Waals surface area contributed by atoms with Crippen LogP contribution in [0.3, 0.4) is 0 Å². The summed E-state index contributed by atoms with van der Waals surface area (Å²) in [6.45, 7) is 5.50. The molecule has 0 aliphatic heterocycles. The van der Waals surface area contributed by atoms with Crippen LogP contribution < -0.4 is 11.1 Å². The molecule has 0 bridgehead atoms. The molecule has 0 saturated carbocycles. The number of hydrogen-bond acceptors (Lipinski definition) is 2. The number of anilines is 1. The Labute approximate surface area is 88.5 Å². The summed E-state index contributed by atoms with van der Waals surface area (Å²) in [6, 6.07) is 4.02. The molecule has 0 fully saturated rings. The molecule has 0 spiro atoms. The number of hydrogen-bond donors (Lipinski definition) is 2. The summed E-state index contributed by atoms with van der Waals surface area (Å²) in [5, 5.41) is 2.68. The molecule has 0 saturated heterocycles. The zero-order valence-corrected chi connectivity index (χ0v) is 9.10. The van der Waals surface area contributed by atoms with Gasteiger partial charge in [0.15, 0.2) is 0 Å². The van der Waals surface area contributed by atoms with E-state index in [9.17, 15) is 9.18 Å². The molecule has 0 atom stereocenters.